The van der Waals surface area contributed by atoms with Gasteiger partial charge < -0.3 is 5.73 Å². The Hall–Kier alpha value is -1.22. The van der Waals surface area contributed by atoms with E-state index in [9.17, 15) is 18.5 Å². The van der Waals surface area contributed by atoms with E-state index in [1.165, 1.54) is 4.31 Å². The van der Waals surface area contributed by atoms with Crippen LogP contribution in [0.1, 0.15) is 6.42 Å². The quantitative estimate of drug-likeness (QED) is 0.661. The zero-order valence-electron chi connectivity index (χ0n) is 9.82. The molecule has 0 spiro atoms. The zero-order valence-corrected chi connectivity index (χ0v) is 11.4. The van der Waals surface area contributed by atoms with Crippen molar-refractivity contribution in [1.82, 2.24) is 4.31 Å². The number of benzene rings is 1. The molecule has 104 valence electrons. The maximum Gasteiger partial charge on any atom is 0.271 e. The normalized spacial score (nSPS) is 20.6. The first kappa shape index (κ1) is 14.2. The molecule has 0 radical (unpaired) electrons. The standard InChI is InChI=1S/C10H12ClN3O4S/c11-9-5-8(14(15)16)1-2-10(9)19(17,18)13-4-3-7(12)6-13/h1-2,5,7H,3-4,6,12H2/t7-/m0/s1. The molecule has 0 aromatic heterocycles. The molecule has 1 aliphatic rings. The van der Waals surface area contributed by atoms with Crippen molar-refractivity contribution >= 4 is 27.3 Å². The summed E-state index contributed by atoms with van der Waals surface area (Å²) >= 11 is 5.83. The number of nitro groups is 1. The third-order valence-corrected chi connectivity index (χ3v) is 5.28. The molecule has 1 heterocycles. The number of nitro benzene ring substituents is 1. The van der Waals surface area contributed by atoms with Gasteiger partial charge in [-0.25, -0.2) is 8.42 Å². The highest BCUT2D eigenvalue weighted by molar-refractivity contribution is 7.89. The van der Waals surface area contributed by atoms with E-state index in [1.807, 2.05) is 0 Å². The summed E-state index contributed by atoms with van der Waals surface area (Å²) in [6.45, 7) is 0.562. The molecule has 7 nitrogen and oxygen atoms in total. The molecule has 9 heteroatoms. The largest absolute Gasteiger partial charge is 0.326 e. The van der Waals surface area contributed by atoms with Crippen molar-refractivity contribution in [3.05, 3.63) is 33.3 Å². The van der Waals surface area contributed by atoms with E-state index in [0.717, 1.165) is 18.2 Å². The molecular weight excluding hydrogens is 294 g/mol. The van der Waals surface area contributed by atoms with Gasteiger partial charge in [-0.1, -0.05) is 11.6 Å². The Morgan fingerprint density at radius 2 is 2.16 bits per heavy atom. The zero-order chi connectivity index (χ0) is 14.2. The maximum atomic E-state index is 12.3. The Morgan fingerprint density at radius 1 is 1.47 bits per heavy atom. The van der Waals surface area contributed by atoms with Crippen LogP contribution in [0.5, 0.6) is 0 Å². The average Bonchev–Trinajstić information content (AvgIpc) is 2.76. The lowest BCUT2D eigenvalue weighted by Crippen LogP contribution is -2.32. The fraction of sp³-hybridized carbons (Fsp3) is 0.400. The number of halogens is 1. The van der Waals surface area contributed by atoms with Crippen LogP contribution in [0.15, 0.2) is 23.1 Å². The van der Waals surface area contributed by atoms with Gasteiger partial charge in [0.05, 0.1) is 9.95 Å². The van der Waals surface area contributed by atoms with Crippen molar-refractivity contribution in [2.45, 2.75) is 17.4 Å². The van der Waals surface area contributed by atoms with Gasteiger partial charge in [0.1, 0.15) is 4.90 Å². The fourth-order valence-corrected chi connectivity index (χ4v) is 3.95. The number of non-ortho nitro benzene ring substituents is 1. The number of nitrogens with two attached hydrogens (primary N) is 1. The fourth-order valence-electron chi connectivity index (χ4n) is 1.92. The van der Waals surface area contributed by atoms with Crippen LogP contribution in [0, 0.1) is 10.1 Å². The summed E-state index contributed by atoms with van der Waals surface area (Å²) < 4.78 is 25.8. The van der Waals surface area contributed by atoms with E-state index in [4.69, 9.17) is 17.3 Å². The second kappa shape index (κ2) is 5.04. The Balaban J connectivity index is 2.38. The number of hydrogen-bond acceptors (Lipinski definition) is 5. The third-order valence-electron chi connectivity index (χ3n) is 2.93. The Labute approximate surface area is 115 Å². The van der Waals surface area contributed by atoms with Gasteiger partial charge in [-0.3, -0.25) is 10.1 Å². The average molecular weight is 306 g/mol. The molecular formula is C10H12ClN3O4S. The predicted octanol–water partition coefficient (Wildman–Crippen LogP) is 0.970. The van der Waals surface area contributed by atoms with Crippen LogP contribution in [0.4, 0.5) is 5.69 Å². The van der Waals surface area contributed by atoms with Crippen molar-refractivity contribution in [2.75, 3.05) is 13.1 Å². The molecule has 0 saturated carbocycles. The summed E-state index contributed by atoms with van der Waals surface area (Å²) in [5.41, 5.74) is 5.43. The van der Waals surface area contributed by atoms with Crippen LogP contribution < -0.4 is 5.73 Å². The second-order valence-electron chi connectivity index (χ2n) is 4.28. The molecule has 19 heavy (non-hydrogen) atoms. The topological polar surface area (TPSA) is 107 Å². The van der Waals surface area contributed by atoms with E-state index in [0.29, 0.717) is 13.0 Å². The summed E-state index contributed by atoms with van der Waals surface area (Å²) in [4.78, 5) is 9.82. The SMILES string of the molecule is N[C@H]1CCN(S(=O)(=O)c2ccc([N+](=O)[O-])cc2Cl)C1. The first-order chi connectivity index (χ1) is 8.82. The number of hydrogen-bond donors (Lipinski definition) is 1. The minimum Gasteiger partial charge on any atom is -0.326 e. The van der Waals surface area contributed by atoms with Crippen LogP contribution in [0.3, 0.4) is 0 Å². The van der Waals surface area contributed by atoms with Gasteiger partial charge in [0.15, 0.2) is 0 Å². The molecule has 2 N–H and O–H groups in total. The van der Waals surface area contributed by atoms with Crippen LogP contribution >= 0.6 is 11.6 Å². The Kier molecular flexibility index (Phi) is 3.77. The van der Waals surface area contributed by atoms with Gasteiger partial charge in [0.2, 0.25) is 10.0 Å². The molecule has 1 aliphatic heterocycles. The van der Waals surface area contributed by atoms with Gasteiger partial charge in [0, 0.05) is 31.3 Å². The minimum absolute atomic E-state index is 0.131. The number of sulfonamides is 1. The van der Waals surface area contributed by atoms with E-state index in [-0.39, 0.29) is 28.2 Å². The van der Waals surface area contributed by atoms with E-state index in [1.54, 1.807) is 0 Å². The van der Waals surface area contributed by atoms with Crippen molar-refractivity contribution < 1.29 is 13.3 Å². The summed E-state index contributed by atoms with van der Waals surface area (Å²) in [5, 5.41) is 10.4. The van der Waals surface area contributed by atoms with Crippen molar-refractivity contribution in [2.24, 2.45) is 5.73 Å². The van der Waals surface area contributed by atoms with E-state index in [2.05, 4.69) is 0 Å². The molecule has 1 aromatic carbocycles. The molecule has 1 saturated heterocycles. The third kappa shape index (κ3) is 2.71. The Morgan fingerprint density at radius 3 is 2.63 bits per heavy atom. The van der Waals surface area contributed by atoms with Crippen LogP contribution in [0.25, 0.3) is 0 Å². The predicted molar refractivity (Wildman–Crippen MR) is 69.5 cm³/mol. The number of rotatable bonds is 3. The maximum absolute atomic E-state index is 12.3. The van der Waals surface area contributed by atoms with Crippen molar-refractivity contribution in [1.29, 1.82) is 0 Å². The van der Waals surface area contributed by atoms with E-state index < -0.39 is 14.9 Å². The first-order valence-corrected chi connectivity index (χ1v) is 7.34. The first-order valence-electron chi connectivity index (χ1n) is 5.52. The second-order valence-corrected chi connectivity index (χ2v) is 6.60. The van der Waals surface area contributed by atoms with Crippen molar-refractivity contribution in [3.8, 4) is 0 Å². The van der Waals surface area contributed by atoms with Gasteiger partial charge >= 0.3 is 0 Å². The smallest absolute Gasteiger partial charge is 0.271 e. The summed E-state index contributed by atoms with van der Waals surface area (Å²) in [6.07, 6.45) is 0.587. The molecule has 0 amide bonds. The van der Waals surface area contributed by atoms with Gasteiger partial charge in [-0.15, -0.1) is 0 Å². The lowest BCUT2D eigenvalue weighted by atomic mass is 10.3. The van der Waals surface area contributed by atoms with Gasteiger partial charge in [-0.2, -0.15) is 4.31 Å². The summed E-state index contributed by atoms with van der Waals surface area (Å²) in [7, 11) is -3.75. The number of nitrogens with zero attached hydrogens (tertiary/aromatic N) is 2. The summed E-state index contributed by atoms with van der Waals surface area (Å²) in [6, 6.07) is 3.12. The van der Waals surface area contributed by atoms with Crippen LogP contribution in [0.2, 0.25) is 5.02 Å². The minimum atomic E-state index is -3.75. The lowest BCUT2D eigenvalue weighted by Gasteiger charge is -2.16. The molecule has 1 atom stereocenters. The van der Waals surface area contributed by atoms with E-state index >= 15 is 0 Å². The molecule has 0 unspecified atom stereocenters. The highest BCUT2D eigenvalue weighted by atomic mass is 35.5. The van der Waals surface area contributed by atoms with Crippen LogP contribution in [-0.4, -0.2) is 36.8 Å². The Bertz CT molecular complexity index is 619. The molecule has 1 fully saturated rings. The van der Waals surface area contributed by atoms with Crippen molar-refractivity contribution in [3.63, 3.8) is 0 Å². The lowest BCUT2D eigenvalue weighted by molar-refractivity contribution is -0.384. The van der Waals surface area contributed by atoms with Gasteiger partial charge in [0.25, 0.3) is 5.69 Å². The monoisotopic (exact) mass is 305 g/mol. The molecule has 2 rings (SSSR count). The molecule has 1 aromatic rings. The van der Waals surface area contributed by atoms with Gasteiger partial charge in [-0.05, 0) is 12.5 Å². The highest BCUT2D eigenvalue weighted by Gasteiger charge is 2.32. The molecule has 0 aliphatic carbocycles. The molecule has 0 bridgehead atoms. The highest BCUT2D eigenvalue weighted by Crippen LogP contribution is 2.29. The summed E-state index contributed by atoms with van der Waals surface area (Å²) in [5.74, 6) is 0. The van der Waals surface area contributed by atoms with Crippen LogP contribution in [-0.2, 0) is 10.0 Å².